The summed E-state index contributed by atoms with van der Waals surface area (Å²) in [6.07, 6.45) is 0.678. The number of carbonyl (C=O) groups is 2. The number of carbonyl (C=O) groups excluding carboxylic acids is 2. The highest BCUT2D eigenvalue weighted by atomic mass is 32.2. The van der Waals surface area contributed by atoms with Crippen LogP contribution in [0.4, 0.5) is 10.1 Å². The van der Waals surface area contributed by atoms with Crippen molar-refractivity contribution in [3.63, 3.8) is 0 Å². The molecular weight excluding hydrogens is 437 g/mol. The van der Waals surface area contributed by atoms with E-state index >= 15 is 0 Å². The van der Waals surface area contributed by atoms with Crippen LogP contribution in [0.2, 0.25) is 0 Å². The number of piperidine rings is 1. The minimum Gasteiger partial charge on any atom is -0.462 e. The van der Waals surface area contributed by atoms with Crippen molar-refractivity contribution in [3.05, 3.63) is 47.0 Å². The Morgan fingerprint density at radius 3 is 2.28 bits per heavy atom. The molecule has 10 heteroatoms. The number of amides is 1. The largest absolute Gasteiger partial charge is 0.462 e. The van der Waals surface area contributed by atoms with Crippen LogP contribution in [0.25, 0.3) is 0 Å². The van der Waals surface area contributed by atoms with E-state index in [-0.39, 0.29) is 42.0 Å². The maximum Gasteiger partial charge on any atom is 0.341 e. The van der Waals surface area contributed by atoms with Gasteiger partial charge in [0.2, 0.25) is 15.9 Å². The fraction of sp³-hybridized carbons (Fsp3) is 0.455. The van der Waals surface area contributed by atoms with E-state index in [2.05, 4.69) is 5.32 Å². The fourth-order valence-electron chi connectivity index (χ4n) is 3.94. The Bertz CT molecular complexity index is 1120. The van der Waals surface area contributed by atoms with E-state index in [9.17, 15) is 22.4 Å². The van der Waals surface area contributed by atoms with E-state index in [1.54, 1.807) is 32.4 Å². The molecule has 0 spiro atoms. The number of nitrogens with zero attached hydrogens (tertiary/aromatic N) is 2. The van der Waals surface area contributed by atoms with Gasteiger partial charge in [-0.2, -0.15) is 4.31 Å². The molecule has 0 bridgehead atoms. The van der Waals surface area contributed by atoms with E-state index in [0.717, 1.165) is 0 Å². The molecule has 2 heterocycles. The van der Waals surface area contributed by atoms with Crippen molar-refractivity contribution < 1.29 is 27.1 Å². The molecule has 174 valence electrons. The molecular formula is C22H28FN3O5S. The Kier molecular flexibility index (Phi) is 7.04. The third kappa shape index (κ3) is 4.56. The molecule has 1 amide bonds. The predicted octanol–water partition coefficient (Wildman–Crippen LogP) is 3.00. The lowest BCUT2D eigenvalue weighted by atomic mass is 9.97. The lowest BCUT2D eigenvalue weighted by molar-refractivity contribution is -0.120. The Balaban J connectivity index is 1.76. The first-order chi connectivity index (χ1) is 15.1. The molecule has 1 aliphatic heterocycles. The van der Waals surface area contributed by atoms with Crippen molar-refractivity contribution in [3.8, 4) is 0 Å². The second kappa shape index (κ2) is 9.41. The van der Waals surface area contributed by atoms with Crippen LogP contribution in [-0.2, 0) is 26.6 Å². The Labute approximate surface area is 187 Å². The predicted molar refractivity (Wildman–Crippen MR) is 117 cm³/mol. The van der Waals surface area contributed by atoms with Gasteiger partial charge in [-0.15, -0.1) is 0 Å². The van der Waals surface area contributed by atoms with Crippen molar-refractivity contribution in [2.45, 2.75) is 38.5 Å². The zero-order chi connectivity index (χ0) is 23.6. The first-order valence-electron chi connectivity index (χ1n) is 10.5. The zero-order valence-electron chi connectivity index (χ0n) is 18.6. The first-order valence-corrected chi connectivity index (χ1v) is 11.9. The van der Waals surface area contributed by atoms with Gasteiger partial charge >= 0.3 is 5.97 Å². The van der Waals surface area contributed by atoms with E-state index in [1.165, 1.54) is 28.6 Å². The average Bonchev–Trinajstić information content (AvgIpc) is 3.00. The van der Waals surface area contributed by atoms with Crippen molar-refractivity contribution >= 4 is 27.6 Å². The van der Waals surface area contributed by atoms with E-state index in [4.69, 9.17) is 4.74 Å². The highest BCUT2D eigenvalue weighted by Crippen LogP contribution is 2.32. The average molecular weight is 466 g/mol. The summed E-state index contributed by atoms with van der Waals surface area (Å²) < 4.78 is 48.1. The van der Waals surface area contributed by atoms with Gasteiger partial charge in [-0.3, -0.25) is 4.79 Å². The molecule has 32 heavy (non-hydrogen) atoms. The van der Waals surface area contributed by atoms with Crippen LogP contribution >= 0.6 is 0 Å². The summed E-state index contributed by atoms with van der Waals surface area (Å²) in [5.74, 6) is -1.65. The Hall–Kier alpha value is -2.72. The lowest BCUT2D eigenvalue weighted by Gasteiger charge is -2.30. The molecule has 1 N–H and O–H groups in total. The Morgan fingerprint density at radius 1 is 1.12 bits per heavy atom. The first kappa shape index (κ1) is 23.9. The molecule has 2 aromatic rings. The van der Waals surface area contributed by atoms with Gasteiger partial charge in [-0.25, -0.2) is 17.6 Å². The van der Waals surface area contributed by atoms with Crippen LogP contribution < -0.4 is 5.32 Å². The van der Waals surface area contributed by atoms with Crippen LogP contribution in [0.1, 0.15) is 41.5 Å². The van der Waals surface area contributed by atoms with Gasteiger partial charge in [0.25, 0.3) is 0 Å². The van der Waals surface area contributed by atoms with Crippen molar-refractivity contribution in [2.24, 2.45) is 13.0 Å². The molecule has 0 radical (unpaired) electrons. The number of halogens is 1. The number of rotatable bonds is 6. The molecule has 1 aromatic heterocycles. The summed E-state index contributed by atoms with van der Waals surface area (Å²) in [4.78, 5) is 25.0. The molecule has 3 rings (SSSR count). The number of sulfonamides is 1. The number of anilines is 1. The quantitative estimate of drug-likeness (QED) is 0.662. The monoisotopic (exact) mass is 465 g/mol. The van der Waals surface area contributed by atoms with Crippen LogP contribution in [0, 0.1) is 25.6 Å². The standard InChI is InChI=1S/C22H28FN3O5S/c1-5-31-22(28)19-14(2)25(4)15(3)20(19)32(29,30)26-12-10-16(11-13-26)21(27)24-18-8-6-17(23)7-9-18/h6-9,16H,5,10-13H2,1-4H3,(H,24,27). The summed E-state index contributed by atoms with van der Waals surface area (Å²) in [5.41, 5.74) is 1.53. The summed E-state index contributed by atoms with van der Waals surface area (Å²) >= 11 is 0. The molecule has 0 aliphatic carbocycles. The fourth-order valence-corrected chi connectivity index (χ4v) is 5.89. The van der Waals surface area contributed by atoms with Gasteiger partial charge in [0.05, 0.1) is 6.61 Å². The highest BCUT2D eigenvalue weighted by Gasteiger charge is 2.38. The van der Waals surface area contributed by atoms with Crippen molar-refractivity contribution in [1.29, 1.82) is 0 Å². The van der Waals surface area contributed by atoms with Crippen LogP contribution in [0.5, 0.6) is 0 Å². The molecule has 1 fully saturated rings. The van der Waals surface area contributed by atoms with Gasteiger partial charge in [0.1, 0.15) is 16.3 Å². The third-order valence-corrected chi connectivity index (χ3v) is 8.00. The van der Waals surface area contributed by atoms with E-state index in [0.29, 0.717) is 29.9 Å². The molecule has 0 atom stereocenters. The van der Waals surface area contributed by atoms with Crippen molar-refractivity contribution in [2.75, 3.05) is 25.0 Å². The molecule has 0 unspecified atom stereocenters. The number of ether oxygens (including phenoxy) is 1. The van der Waals surface area contributed by atoms with Crippen LogP contribution in [0.3, 0.4) is 0 Å². The van der Waals surface area contributed by atoms with Crippen LogP contribution in [0.15, 0.2) is 29.2 Å². The second-order valence-electron chi connectivity index (χ2n) is 7.83. The molecule has 1 saturated heterocycles. The lowest BCUT2D eigenvalue weighted by Crippen LogP contribution is -2.41. The Morgan fingerprint density at radius 2 is 1.72 bits per heavy atom. The van der Waals surface area contributed by atoms with Gasteiger partial charge in [-0.1, -0.05) is 0 Å². The summed E-state index contributed by atoms with van der Waals surface area (Å²) in [7, 11) is -2.26. The number of nitrogens with one attached hydrogen (secondary N) is 1. The maximum absolute atomic E-state index is 13.5. The highest BCUT2D eigenvalue weighted by molar-refractivity contribution is 7.89. The number of hydrogen-bond acceptors (Lipinski definition) is 5. The molecule has 1 aromatic carbocycles. The molecule has 1 aliphatic rings. The normalized spacial score (nSPS) is 15.5. The summed E-state index contributed by atoms with van der Waals surface area (Å²) in [5, 5.41) is 2.74. The topological polar surface area (TPSA) is 97.7 Å². The van der Waals surface area contributed by atoms with Gasteiger partial charge < -0.3 is 14.6 Å². The van der Waals surface area contributed by atoms with Crippen molar-refractivity contribution in [1.82, 2.24) is 8.87 Å². The maximum atomic E-state index is 13.5. The summed E-state index contributed by atoms with van der Waals surface area (Å²) in [6, 6.07) is 5.47. The summed E-state index contributed by atoms with van der Waals surface area (Å²) in [6.45, 7) is 5.45. The van der Waals surface area contributed by atoms with Gasteiger partial charge in [-0.05, 0) is 57.9 Å². The van der Waals surface area contributed by atoms with Gasteiger partial charge in [0.15, 0.2) is 0 Å². The minimum atomic E-state index is -3.96. The minimum absolute atomic E-state index is 0.0369. The smallest absolute Gasteiger partial charge is 0.341 e. The van der Waals surface area contributed by atoms with Crippen LogP contribution in [-0.4, -0.2) is 48.9 Å². The van der Waals surface area contributed by atoms with E-state index < -0.39 is 21.8 Å². The number of esters is 1. The van der Waals surface area contributed by atoms with E-state index in [1.807, 2.05) is 0 Å². The van der Waals surface area contributed by atoms with Gasteiger partial charge in [0, 0.05) is 43.1 Å². The number of benzene rings is 1. The molecule has 8 nitrogen and oxygen atoms in total. The second-order valence-corrected chi connectivity index (χ2v) is 9.70. The third-order valence-electron chi connectivity index (χ3n) is 5.94. The SMILES string of the molecule is CCOC(=O)c1c(S(=O)(=O)N2CCC(C(=O)Nc3ccc(F)cc3)CC2)c(C)n(C)c1C. The number of hydrogen-bond donors (Lipinski definition) is 1. The molecule has 0 saturated carbocycles. The zero-order valence-corrected chi connectivity index (χ0v) is 19.5. The number of aromatic nitrogens is 1.